The fraction of sp³-hybridized carbons (Fsp3) is 0.333. The zero-order valence-electron chi connectivity index (χ0n) is 15.0. The lowest BCUT2D eigenvalue weighted by Gasteiger charge is -2.37. The largest absolute Gasteiger partial charge is 0.369 e. The van der Waals surface area contributed by atoms with Crippen molar-refractivity contribution < 1.29 is 9.59 Å². The molecule has 1 saturated heterocycles. The fourth-order valence-electron chi connectivity index (χ4n) is 3.81. The second-order valence-corrected chi connectivity index (χ2v) is 6.92. The Labute approximate surface area is 153 Å². The number of carbonyl (C=O) groups is 2. The molecule has 5 heteroatoms. The van der Waals surface area contributed by atoms with Crippen LogP contribution in [0.5, 0.6) is 0 Å². The number of amides is 2. The minimum atomic E-state index is -0.163. The lowest BCUT2D eigenvalue weighted by Crippen LogP contribution is -2.49. The number of aryl methyl sites for hydroxylation is 1. The van der Waals surface area contributed by atoms with Crippen molar-refractivity contribution in [2.24, 2.45) is 0 Å². The van der Waals surface area contributed by atoms with Gasteiger partial charge in [0.1, 0.15) is 0 Å². The number of hydrogen-bond donors (Lipinski definition) is 0. The van der Waals surface area contributed by atoms with Gasteiger partial charge in [0.05, 0.1) is 11.1 Å². The van der Waals surface area contributed by atoms with Crippen molar-refractivity contribution >= 4 is 17.5 Å². The molecule has 1 fully saturated rings. The van der Waals surface area contributed by atoms with Crippen LogP contribution >= 0.6 is 0 Å². The molecular formula is C21H23N3O2. The van der Waals surface area contributed by atoms with E-state index >= 15 is 0 Å². The molecule has 5 nitrogen and oxygen atoms in total. The van der Waals surface area contributed by atoms with Crippen LogP contribution in [0.15, 0.2) is 48.5 Å². The maximum absolute atomic E-state index is 12.4. The molecule has 4 rings (SSSR count). The molecule has 0 aromatic heterocycles. The normalized spacial score (nSPS) is 17.7. The molecule has 26 heavy (non-hydrogen) atoms. The summed E-state index contributed by atoms with van der Waals surface area (Å²) in [7, 11) is 0. The lowest BCUT2D eigenvalue weighted by atomic mass is 10.1. The van der Waals surface area contributed by atoms with Crippen LogP contribution in [0, 0.1) is 6.92 Å². The minimum Gasteiger partial charge on any atom is -0.369 e. The summed E-state index contributed by atoms with van der Waals surface area (Å²) in [4.78, 5) is 31.0. The van der Waals surface area contributed by atoms with Gasteiger partial charge in [-0.15, -0.1) is 0 Å². The molecule has 0 unspecified atom stereocenters. The van der Waals surface area contributed by atoms with Crippen LogP contribution in [0.3, 0.4) is 0 Å². The van der Waals surface area contributed by atoms with Crippen LogP contribution in [-0.4, -0.2) is 60.9 Å². The van der Waals surface area contributed by atoms with E-state index in [1.54, 1.807) is 24.3 Å². The third-order valence-electron chi connectivity index (χ3n) is 5.35. The van der Waals surface area contributed by atoms with Crippen molar-refractivity contribution in [3.8, 4) is 0 Å². The van der Waals surface area contributed by atoms with Crippen molar-refractivity contribution in [1.82, 2.24) is 9.80 Å². The Morgan fingerprint density at radius 2 is 1.35 bits per heavy atom. The Morgan fingerprint density at radius 1 is 0.769 bits per heavy atom. The number of para-hydroxylation sites is 1. The molecule has 2 aromatic rings. The summed E-state index contributed by atoms with van der Waals surface area (Å²) >= 11 is 0. The van der Waals surface area contributed by atoms with Gasteiger partial charge < -0.3 is 4.90 Å². The molecule has 0 radical (unpaired) electrons. The number of hydrogen-bond acceptors (Lipinski definition) is 4. The van der Waals surface area contributed by atoms with Gasteiger partial charge in [-0.3, -0.25) is 19.4 Å². The van der Waals surface area contributed by atoms with Gasteiger partial charge in [-0.25, -0.2) is 0 Å². The highest BCUT2D eigenvalue weighted by molar-refractivity contribution is 6.21. The molecule has 0 saturated carbocycles. The zero-order valence-corrected chi connectivity index (χ0v) is 15.0. The summed E-state index contributed by atoms with van der Waals surface area (Å²) in [6.45, 7) is 7.14. The Balaban J connectivity index is 1.33. The van der Waals surface area contributed by atoms with E-state index in [1.165, 1.54) is 16.2 Å². The number of fused-ring (bicyclic) bond motifs is 1. The standard InChI is InChI=1S/C21H23N3O2/c1-16-6-2-5-9-19(16)23-13-10-22(11-14-23)12-15-24-20(25)17-7-3-4-8-18(17)21(24)26/h2-9H,10-15H2,1H3. The summed E-state index contributed by atoms with van der Waals surface area (Å²) in [6, 6.07) is 15.5. The number of nitrogens with zero attached hydrogens (tertiary/aromatic N) is 3. The third-order valence-corrected chi connectivity index (χ3v) is 5.35. The van der Waals surface area contributed by atoms with Gasteiger partial charge in [-0.2, -0.15) is 0 Å². The summed E-state index contributed by atoms with van der Waals surface area (Å²) in [5, 5.41) is 0. The monoisotopic (exact) mass is 349 g/mol. The van der Waals surface area contributed by atoms with Crippen LogP contribution in [0.4, 0.5) is 5.69 Å². The number of carbonyl (C=O) groups excluding carboxylic acids is 2. The minimum absolute atomic E-state index is 0.163. The van der Waals surface area contributed by atoms with Crippen LogP contribution in [0.1, 0.15) is 26.3 Å². The molecule has 0 atom stereocenters. The highest BCUT2D eigenvalue weighted by Crippen LogP contribution is 2.23. The fourth-order valence-corrected chi connectivity index (χ4v) is 3.81. The topological polar surface area (TPSA) is 43.9 Å². The molecule has 0 bridgehead atoms. The molecule has 0 N–H and O–H groups in total. The first-order valence-electron chi connectivity index (χ1n) is 9.13. The van der Waals surface area contributed by atoms with Crippen molar-refractivity contribution in [3.63, 3.8) is 0 Å². The van der Waals surface area contributed by atoms with Gasteiger partial charge in [-0.05, 0) is 30.7 Å². The van der Waals surface area contributed by atoms with E-state index in [9.17, 15) is 9.59 Å². The van der Waals surface area contributed by atoms with Crippen LogP contribution in [0.25, 0.3) is 0 Å². The highest BCUT2D eigenvalue weighted by Gasteiger charge is 2.35. The smallest absolute Gasteiger partial charge is 0.261 e. The van der Waals surface area contributed by atoms with E-state index in [2.05, 4.69) is 41.0 Å². The highest BCUT2D eigenvalue weighted by atomic mass is 16.2. The first-order chi connectivity index (χ1) is 12.6. The molecule has 2 amide bonds. The number of rotatable bonds is 4. The van der Waals surface area contributed by atoms with Crippen LogP contribution < -0.4 is 4.90 Å². The van der Waals surface area contributed by atoms with Gasteiger partial charge in [0.25, 0.3) is 11.8 Å². The second kappa shape index (κ2) is 6.92. The molecule has 2 aliphatic rings. The van der Waals surface area contributed by atoms with Gasteiger partial charge in [0.2, 0.25) is 0 Å². The quantitative estimate of drug-likeness (QED) is 0.795. The molecular weight excluding hydrogens is 326 g/mol. The Morgan fingerprint density at radius 3 is 1.96 bits per heavy atom. The molecule has 2 heterocycles. The molecule has 2 aliphatic heterocycles. The zero-order chi connectivity index (χ0) is 18.1. The van der Waals surface area contributed by atoms with E-state index < -0.39 is 0 Å². The van der Waals surface area contributed by atoms with E-state index in [0.717, 1.165) is 32.7 Å². The van der Waals surface area contributed by atoms with Gasteiger partial charge in [0, 0.05) is 45.0 Å². The Hall–Kier alpha value is -2.66. The summed E-state index contributed by atoms with van der Waals surface area (Å²) in [6.07, 6.45) is 0. The van der Waals surface area contributed by atoms with E-state index in [4.69, 9.17) is 0 Å². The summed E-state index contributed by atoms with van der Waals surface area (Å²) < 4.78 is 0. The summed E-state index contributed by atoms with van der Waals surface area (Å²) in [5.74, 6) is -0.326. The predicted octanol–water partition coefficient (Wildman–Crippen LogP) is 2.41. The van der Waals surface area contributed by atoms with E-state index in [-0.39, 0.29) is 11.8 Å². The maximum atomic E-state index is 12.4. The van der Waals surface area contributed by atoms with Crippen molar-refractivity contribution in [2.45, 2.75) is 6.92 Å². The van der Waals surface area contributed by atoms with Gasteiger partial charge in [0.15, 0.2) is 0 Å². The molecule has 2 aromatic carbocycles. The predicted molar refractivity (Wildman–Crippen MR) is 102 cm³/mol. The van der Waals surface area contributed by atoms with E-state index in [0.29, 0.717) is 17.7 Å². The number of benzene rings is 2. The van der Waals surface area contributed by atoms with Crippen molar-refractivity contribution in [1.29, 1.82) is 0 Å². The first kappa shape index (κ1) is 16.8. The number of imide groups is 1. The Kier molecular flexibility index (Phi) is 4.47. The van der Waals surface area contributed by atoms with E-state index in [1.807, 2.05) is 0 Å². The third kappa shape index (κ3) is 2.99. The first-order valence-corrected chi connectivity index (χ1v) is 9.13. The van der Waals surface area contributed by atoms with Gasteiger partial charge >= 0.3 is 0 Å². The molecule has 0 aliphatic carbocycles. The second-order valence-electron chi connectivity index (χ2n) is 6.92. The van der Waals surface area contributed by atoms with Crippen LogP contribution in [-0.2, 0) is 0 Å². The molecule has 134 valence electrons. The number of anilines is 1. The van der Waals surface area contributed by atoms with Crippen LogP contribution in [0.2, 0.25) is 0 Å². The SMILES string of the molecule is Cc1ccccc1N1CCN(CCN2C(=O)c3ccccc3C2=O)CC1. The maximum Gasteiger partial charge on any atom is 0.261 e. The lowest BCUT2D eigenvalue weighted by molar-refractivity contribution is 0.0635. The molecule has 0 spiro atoms. The summed E-state index contributed by atoms with van der Waals surface area (Å²) in [5.41, 5.74) is 3.66. The van der Waals surface area contributed by atoms with Crippen molar-refractivity contribution in [2.75, 3.05) is 44.2 Å². The average molecular weight is 349 g/mol. The average Bonchev–Trinajstić information content (AvgIpc) is 2.92. The van der Waals surface area contributed by atoms with Crippen molar-refractivity contribution in [3.05, 3.63) is 65.2 Å². The number of piperazine rings is 1. The van der Waals surface area contributed by atoms with Gasteiger partial charge in [-0.1, -0.05) is 30.3 Å². The Bertz CT molecular complexity index is 806.